The lowest BCUT2D eigenvalue weighted by atomic mass is 10.0. The van der Waals surface area contributed by atoms with Crippen LogP contribution < -0.4 is 10.2 Å². The first-order chi connectivity index (χ1) is 11.7. The summed E-state index contributed by atoms with van der Waals surface area (Å²) in [6.45, 7) is 3.20. The fourth-order valence-corrected chi connectivity index (χ4v) is 3.22. The number of piperidine rings is 1. The van der Waals surface area contributed by atoms with Gasteiger partial charge < -0.3 is 15.3 Å². The summed E-state index contributed by atoms with van der Waals surface area (Å²) in [5.41, 5.74) is 0.752. The average molecular weight is 326 g/mol. The van der Waals surface area contributed by atoms with E-state index in [1.807, 2.05) is 6.07 Å². The Morgan fingerprint density at radius 1 is 1.33 bits per heavy atom. The molecule has 0 aliphatic carbocycles. The molecule has 0 saturated carbocycles. The molecule has 2 N–H and O–H groups in total. The number of nitrogens with one attached hydrogen (secondary N) is 1. The molecule has 0 radical (unpaired) electrons. The van der Waals surface area contributed by atoms with Crippen molar-refractivity contribution in [2.45, 2.75) is 38.6 Å². The Morgan fingerprint density at radius 2 is 2.17 bits per heavy atom. The quantitative estimate of drug-likeness (QED) is 0.872. The number of benzene rings is 1. The maximum Gasteiger partial charge on any atom is 0.337 e. The first kappa shape index (κ1) is 16.2. The molecular formula is C18H22N4O2. The lowest BCUT2D eigenvalue weighted by Gasteiger charge is -2.36. The van der Waals surface area contributed by atoms with E-state index < -0.39 is 5.97 Å². The lowest BCUT2D eigenvalue weighted by Crippen LogP contribution is -2.39. The summed E-state index contributed by atoms with van der Waals surface area (Å²) in [6, 6.07) is 9.22. The molecule has 1 saturated heterocycles. The molecule has 0 spiro atoms. The van der Waals surface area contributed by atoms with Crippen LogP contribution in [0.1, 0.15) is 43.0 Å². The minimum Gasteiger partial charge on any atom is -0.478 e. The highest BCUT2D eigenvalue weighted by molar-refractivity contribution is 5.95. The number of hydrogen-bond donors (Lipinski definition) is 2. The van der Waals surface area contributed by atoms with Crippen LogP contribution in [0.4, 0.5) is 17.3 Å². The van der Waals surface area contributed by atoms with Gasteiger partial charge in [0, 0.05) is 18.7 Å². The number of carboxylic acids is 1. The second-order valence-electron chi connectivity index (χ2n) is 5.99. The van der Waals surface area contributed by atoms with Gasteiger partial charge in [-0.2, -0.15) is 0 Å². The second-order valence-corrected chi connectivity index (χ2v) is 5.99. The Kier molecular flexibility index (Phi) is 4.93. The maximum atomic E-state index is 11.3. The fraction of sp³-hybridized carbons (Fsp3) is 0.389. The van der Waals surface area contributed by atoms with Crippen molar-refractivity contribution in [3.63, 3.8) is 0 Å². The second kappa shape index (κ2) is 7.29. The number of carboxylic acid groups (broad SMARTS) is 1. The Bertz CT molecular complexity index is 720. The van der Waals surface area contributed by atoms with Crippen LogP contribution in [0.25, 0.3) is 0 Å². The van der Waals surface area contributed by atoms with Crippen LogP contribution in [0.2, 0.25) is 0 Å². The molecule has 24 heavy (non-hydrogen) atoms. The van der Waals surface area contributed by atoms with Gasteiger partial charge in [-0.25, -0.2) is 14.8 Å². The van der Waals surface area contributed by atoms with Gasteiger partial charge in [-0.15, -0.1) is 0 Å². The lowest BCUT2D eigenvalue weighted by molar-refractivity contribution is 0.0698. The smallest absolute Gasteiger partial charge is 0.337 e. The molecule has 0 bridgehead atoms. The monoisotopic (exact) mass is 326 g/mol. The third kappa shape index (κ3) is 3.48. The zero-order chi connectivity index (χ0) is 16.9. The summed E-state index contributed by atoms with van der Waals surface area (Å²) >= 11 is 0. The topological polar surface area (TPSA) is 78.4 Å². The molecule has 3 rings (SSSR count). The molecule has 2 heterocycles. The highest BCUT2D eigenvalue weighted by atomic mass is 16.4. The number of para-hydroxylation sites is 1. The molecule has 1 atom stereocenters. The summed E-state index contributed by atoms with van der Waals surface area (Å²) < 4.78 is 0. The summed E-state index contributed by atoms with van der Waals surface area (Å²) in [5, 5.41) is 12.4. The van der Waals surface area contributed by atoms with E-state index in [0.717, 1.165) is 18.8 Å². The Labute approximate surface area is 141 Å². The van der Waals surface area contributed by atoms with Crippen molar-refractivity contribution < 1.29 is 9.90 Å². The van der Waals surface area contributed by atoms with E-state index in [9.17, 15) is 9.90 Å². The molecular weight excluding hydrogens is 304 g/mol. The van der Waals surface area contributed by atoms with Crippen molar-refractivity contribution in [1.29, 1.82) is 0 Å². The van der Waals surface area contributed by atoms with Gasteiger partial charge in [0.2, 0.25) is 0 Å². The van der Waals surface area contributed by atoms with Crippen molar-refractivity contribution in [2.24, 2.45) is 0 Å². The molecule has 2 aromatic rings. The van der Waals surface area contributed by atoms with Gasteiger partial charge in [0.25, 0.3) is 0 Å². The molecule has 126 valence electrons. The summed E-state index contributed by atoms with van der Waals surface area (Å²) in [6.07, 6.45) is 6.24. The van der Waals surface area contributed by atoms with Gasteiger partial charge in [0.05, 0.1) is 11.3 Å². The van der Waals surface area contributed by atoms with Gasteiger partial charge in [-0.1, -0.05) is 19.1 Å². The molecule has 6 heteroatoms. The highest BCUT2D eigenvalue weighted by Crippen LogP contribution is 2.27. The zero-order valence-electron chi connectivity index (χ0n) is 13.8. The number of rotatable bonds is 5. The predicted molar refractivity (Wildman–Crippen MR) is 94.0 cm³/mol. The normalized spacial score (nSPS) is 17.5. The van der Waals surface area contributed by atoms with E-state index in [-0.39, 0.29) is 5.56 Å². The molecule has 1 fully saturated rings. The third-order valence-corrected chi connectivity index (χ3v) is 4.47. The summed E-state index contributed by atoms with van der Waals surface area (Å²) in [5.74, 6) is 0.537. The summed E-state index contributed by atoms with van der Waals surface area (Å²) in [4.78, 5) is 22.3. The Morgan fingerprint density at radius 3 is 2.96 bits per heavy atom. The Balaban J connectivity index is 1.85. The van der Waals surface area contributed by atoms with Crippen LogP contribution in [0.3, 0.4) is 0 Å². The molecule has 1 aliphatic rings. The minimum atomic E-state index is -0.963. The van der Waals surface area contributed by atoms with Crippen LogP contribution in [-0.4, -0.2) is 33.6 Å². The van der Waals surface area contributed by atoms with Crippen LogP contribution in [0, 0.1) is 0 Å². The zero-order valence-corrected chi connectivity index (χ0v) is 13.8. The molecule has 1 unspecified atom stereocenters. The first-order valence-corrected chi connectivity index (χ1v) is 8.37. The minimum absolute atomic E-state index is 0.224. The van der Waals surface area contributed by atoms with E-state index in [1.165, 1.54) is 25.6 Å². The van der Waals surface area contributed by atoms with E-state index in [1.54, 1.807) is 24.3 Å². The van der Waals surface area contributed by atoms with Crippen LogP contribution >= 0.6 is 0 Å². The van der Waals surface area contributed by atoms with Crippen LogP contribution in [-0.2, 0) is 0 Å². The van der Waals surface area contributed by atoms with Crippen LogP contribution in [0.5, 0.6) is 0 Å². The van der Waals surface area contributed by atoms with Gasteiger partial charge in [-0.3, -0.25) is 0 Å². The molecule has 0 amide bonds. The number of nitrogens with zero attached hydrogens (tertiary/aromatic N) is 3. The molecule has 6 nitrogen and oxygen atoms in total. The number of aromatic nitrogens is 2. The van der Waals surface area contributed by atoms with Crippen molar-refractivity contribution in [3.05, 3.63) is 42.2 Å². The van der Waals surface area contributed by atoms with E-state index in [2.05, 4.69) is 27.1 Å². The molecule has 1 aliphatic heterocycles. The van der Waals surface area contributed by atoms with E-state index in [0.29, 0.717) is 17.5 Å². The predicted octanol–water partition coefficient (Wildman–Crippen LogP) is 3.69. The van der Waals surface area contributed by atoms with Gasteiger partial charge in [-0.05, 0) is 37.8 Å². The SMILES string of the molecule is CCC1CCCCN1c1cc(Nc2ccccc2C(=O)O)ncn1. The Hall–Kier alpha value is -2.63. The van der Waals surface area contributed by atoms with Gasteiger partial charge in [0.1, 0.15) is 18.0 Å². The average Bonchev–Trinajstić information content (AvgIpc) is 2.62. The number of carbonyl (C=O) groups is 1. The molecule has 1 aromatic carbocycles. The maximum absolute atomic E-state index is 11.3. The van der Waals surface area contributed by atoms with Crippen molar-refractivity contribution in [1.82, 2.24) is 9.97 Å². The number of anilines is 3. The number of hydrogen-bond acceptors (Lipinski definition) is 5. The van der Waals surface area contributed by atoms with Crippen molar-refractivity contribution >= 4 is 23.3 Å². The standard InChI is InChI=1S/C18H22N4O2/c1-2-13-7-5-6-10-22(13)17-11-16(19-12-20-17)21-15-9-4-3-8-14(15)18(23)24/h3-4,8-9,11-13H,2,5-7,10H2,1H3,(H,23,24)(H,19,20,21). The first-order valence-electron chi connectivity index (χ1n) is 8.37. The highest BCUT2D eigenvalue weighted by Gasteiger charge is 2.22. The van der Waals surface area contributed by atoms with Gasteiger partial charge >= 0.3 is 5.97 Å². The fourth-order valence-electron chi connectivity index (χ4n) is 3.22. The van der Waals surface area contributed by atoms with E-state index >= 15 is 0 Å². The van der Waals surface area contributed by atoms with Crippen molar-refractivity contribution in [2.75, 3.05) is 16.8 Å². The van der Waals surface area contributed by atoms with E-state index in [4.69, 9.17) is 0 Å². The van der Waals surface area contributed by atoms with Crippen LogP contribution in [0.15, 0.2) is 36.7 Å². The van der Waals surface area contributed by atoms with Gasteiger partial charge in [0.15, 0.2) is 0 Å². The summed E-state index contributed by atoms with van der Waals surface area (Å²) in [7, 11) is 0. The molecule has 1 aromatic heterocycles. The number of aromatic carboxylic acids is 1. The third-order valence-electron chi connectivity index (χ3n) is 4.47. The van der Waals surface area contributed by atoms with Crippen molar-refractivity contribution in [3.8, 4) is 0 Å². The largest absolute Gasteiger partial charge is 0.478 e.